The first-order valence-corrected chi connectivity index (χ1v) is 7.28. The number of amides is 1. The number of thiophene rings is 1. The van der Waals surface area contributed by atoms with Crippen molar-refractivity contribution >= 4 is 23.2 Å². The van der Waals surface area contributed by atoms with Crippen molar-refractivity contribution in [3.63, 3.8) is 0 Å². The smallest absolute Gasteiger partial charge is 0.322 e. The average molecular weight is 305 g/mol. The van der Waals surface area contributed by atoms with Crippen LogP contribution in [-0.4, -0.2) is 30.1 Å². The second-order valence-corrected chi connectivity index (χ2v) is 5.31. The first-order valence-electron chi connectivity index (χ1n) is 6.40. The van der Waals surface area contributed by atoms with Crippen molar-refractivity contribution in [2.45, 2.75) is 6.42 Å². The Morgan fingerprint density at radius 3 is 2.57 bits per heavy atom. The van der Waals surface area contributed by atoms with Gasteiger partial charge >= 0.3 is 5.97 Å². The molecule has 2 N–H and O–H groups in total. The van der Waals surface area contributed by atoms with Crippen molar-refractivity contribution in [3.8, 4) is 5.75 Å². The number of aliphatic carboxylic acids is 1. The highest BCUT2D eigenvalue weighted by Crippen LogP contribution is 2.14. The highest BCUT2D eigenvalue weighted by atomic mass is 32.1. The summed E-state index contributed by atoms with van der Waals surface area (Å²) in [6, 6.07) is 10.7. The van der Waals surface area contributed by atoms with Crippen molar-refractivity contribution in [1.82, 2.24) is 5.32 Å². The largest absolute Gasteiger partial charge is 0.493 e. The molecule has 1 aromatic carbocycles. The van der Waals surface area contributed by atoms with Crippen LogP contribution in [0, 0.1) is 0 Å². The van der Waals surface area contributed by atoms with Crippen molar-refractivity contribution in [1.29, 1.82) is 0 Å². The van der Waals surface area contributed by atoms with E-state index in [4.69, 9.17) is 9.84 Å². The summed E-state index contributed by atoms with van der Waals surface area (Å²) in [5.41, 5.74) is 0.404. The van der Waals surface area contributed by atoms with Gasteiger partial charge in [-0.3, -0.25) is 9.59 Å². The van der Waals surface area contributed by atoms with Gasteiger partial charge in [-0.15, -0.1) is 11.3 Å². The number of rotatable bonds is 7. The SMILES string of the molecule is O=C(O)CNC(=O)c1ccc(OCCc2cccs2)cc1. The summed E-state index contributed by atoms with van der Waals surface area (Å²) >= 11 is 1.69. The molecule has 2 rings (SSSR count). The molecule has 0 saturated carbocycles. The number of carboxylic acid groups (broad SMARTS) is 1. The van der Waals surface area contributed by atoms with Gasteiger partial charge in [-0.2, -0.15) is 0 Å². The lowest BCUT2D eigenvalue weighted by Crippen LogP contribution is -2.29. The third-order valence-electron chi connectivity index (χ3n) is 2.71. The maximum absolute atomic E-state index is 11.6. The molecule has 0 unspecified atom stereocenters. The van der Waals surface area contributed by atoms with Gasteiger partial charge in [-0.05, 0) is 35.7 Å². The van der Waals surface area contributed by atoms with Crippen molar-refractivity contribution in [2.24, 2.45) is 0 Å². The van der Waals surface area contributed by atoms with E-state index < -0.39 is 18.4 Å². The zero-order valence-corrected chi connectivity index (χ0v) is 12.1. The Morgan fingerprint density at radius 1 is 1.19 bits per heavy atom. The zero-order valence-electron chi connectivity index (χ0n) is 11.2. The molecule has 0 radical (unpaired) electrons. The summed E-state index contributed by atoms with van der Waals surface area (Å²) < 4.78 is 5.59. The fourth-order valence-corrected chi connectivity index (χ4v) is 2.38. The average Bonchev–Trinajstić information content (AvgIpc) is 2.99. The summed E-state index contributed by atoms with van der Waals surface area (Å²) in [5.74, 6) is -0.805. The molecule has 0 aliphatic rings. The molecule has 2 aromatic rings. The van der Waals surface area contributed by atoms with Gasteiger partial charge in [-0.1, -0.05) is 6.07 Å². The normalized spacial score (nSPS) is 10.1. The number of benzene rings is 1. The molecule has 0 saturated heterocycles. The minimum atomic E-state index is -1.07. The van der Waals surface area contributed by atoms with Crippen LogP contribution in [0.25, 0.3) is 0 Å². The number of hydrogen-bond acceptors (Lipinski definition) is 4. The molecule has 0 fully saturated rings. The number of carbonyl (C=O) groups excluding carboxylic acids is 1. The summed E-state index contributed by atoms with van der Waals surface area (Å²) in [7, 11) is 0. The zero-order chi connectivity index (χ0) is 15.1. The van der Waals surface area contributed by atoms with Crippen LogP contribution < -0.4 is 10.1 Å². The molecule has 5 nitrogen and oxygen atoms in total. The highest BCUT2D eigenvalue weighted by Gasteiger charge is 2.07. The minimum absolute atomic E-state index is 0.391. The lowest BCUT2D eigenvalue weighted by atomic mass is 10.2. The van der Waals surface area contributed by atoms with Crippen LogP contribution in [0.3, 0.4) is 0 Å². The molecule has 0 aliphatic carbocycles. The van der Waals surface area contributed by atoms with Gasteiger partial charge in [0, 0.05) is 16.9 Å². The van der Waals surface area contributed by atoms with E-state index in [-0.39, 0.29) is 0 Å². The molecule has 1 heterocycles. The van der Waals surface area contributed by atoms with Crippen molar-refractivity contribution in [2.75, 3.05) is 13.2 Å². The molecule has 0 atom stereocenters. The van der Waals surface area contributed by atoms with Crippen LogP contribution in [0.2, 0.25) is 0 Å². The first-order chi connectivity index (χ1) is 10.1. The third-order valence-corrected chi connectivity index (χ3v) is 3.65. The van der Waals surface area contributed by atoms with Gasteiger partial charge < -0.3 is 15.2 Å². The molecule has 21 heavy (non-hydrogen) atoms. The Bertz CT molecular complexity index is 593. The molecule has 6 heteroatoms. The Kier molecular flexibility index (Phi) is 5.34. The number of carboxylic acids is 1. The van der Waals surface area contributed by atoms with E-state index in [1.54, 1.807) is 35.6 Å². The first kappa shape index (κ1) is 15.1. The standard InChI is InChI=1S/C15H15NO4S/c17-14(18)10-16-15(19)11-3-5-12(6-4-11)20-8-7-13-2-1-9-21-13/h1-6,9H,7-8,10H2,(H,16,19)(H,17,18). The summed E-state index contributed by atoms with van der Waals surface area (Å²) in [4.78, 5) is 23.3. The van der Waals surface area contributed by atoms with Crippen LogP contribution in [0.4, 0.5) is 0 Å². The van der Waals surface area contributed by atoms with Gasteiger partial charge in [0.05, 0.1) is 6.61 Å². The van der Waals surface area contributed by atoms with Gasteiger partial charge in [0.1, 0.15) is 12.3 Å². The molecule has 1 aromatic heterocycles. The topological polar surface area (TPSA) is 75.6 Å². The van der Waals surface area contributed by atoms with Crippen LogP contribution in [-0.2, 0) is 11.2 Å². The van der Waals surface area contributed by atoms with Gasteiger partial charge in [-0.25, -0.2) is 0 Å². The minimum Gasteiger partial charge on any atom is -0.493 e. The molecule has 0 spiro atoms. The second kappa shape index (κ2) is 7.44. The predicted octanol–water partition coefficient (Wildman–Crippen LogP) is 2.18. The van der Waals surface area contributed by atoms with Crippen LogP contribution in [0.15, 0.2) is 41.8 Å². The van der Waals surface area contributed by atoms with E-state index in [2.05, 4.69) is 11.4 Å². The summed E-state index contributed by atoms with van der Waals surface area (Å²) in [6.45, 7) is 0.184. The van der Waals surface area contributed by atoms with E-state index in [0.717, 1.165) is 6.42 Å². The number of carbonyl (C=O) groups is 2. The molecular weight excluding hydrogens is 290 g/mol. The third kappa shape index (κ3) is 4.92. The van der Waals surface area contributed by atoms with E-state index in [0.29, 0.717) is 17.9 Å². The summed E-state index contributed by atoms with van der Waals surface area (Å²) in [6.07, 6.45) is 0.846. The fraction of sp³-hybridized carbons (Fsp3) is 0.200. The van der Waals surface area contributed by atoms with Crippen LogP contribution in [0.1, 0.15) is 15.2 Å². The predicted molar refractivity (Wildman–Crippen MR) is 79.9 cm³/mol. The maximum atomic E-state index is 11.6. The lowest BCUT2D eigenvalue weighted by molar-refractivity contribution is -0.135. The summed E-state index contributed by atoms with van der Waals surface area (Å²) in [5, 5.41) is 12.8. The van der Waals surface area contributed by atoms with E-state index >= 15 is 0 Å². The van der Waals surface area contributed by atoms with E-state index in [1.807, 2.05) is 11.4 Å². The van der Waals surface area contributed by atoms with Gasteiger partial charge in [0.15, 0.2) is 0 Å². The van der Waals surface area contributed by atoms with Crippen LogP contribution in [0.5, 0.6) is 5.75 Å². The van der Waals surface area contributed by atoms with Gasteiger partial charge in [0.25, 0.3) is 5.91 Å². The van der Waals surface area contributed by atoms with Crippen molar-refractivity contribution < 1.29 is 19.4 Å². The Hall–Kier alpha value is -2.34. The fourth-order valence-electron chi connectivity index (χ4n) is 1.68. The maximum Gasteiger partial charge on any atom is 0.322 e. The molecule has 110 valence electrons. The van der Waals surface area contributed by atoms with E-state index in [9.17, 15) is 9.59 Å². The Labute approximate surface area is 126 Å². The van der Waals surface area contributed by atoms with Crippen molar-refractivity contribution in [3.05, 3.63) is 52.2 Å². The number of hydrogen-bond donors (Lipinski definition) is 2. The van der Waals surface area contributed by atoms with Crippen LogP contribution >= 0.6 is 11.3 Å². The quantitative estimate of drug-likeness (QED) is 0.822. The lowest BCUT2D eigenvalue weighted by Gasteiger charge is -2.06. The van der Waals surface area contributed by atoms with E-state index in [1.165, 1.54) is 4.88 Å². The number of ether oxygens (including phenoxy) is 1. The monoisotopic (exact) mass is 305 g/mol. The highest BCUT2D eigenvalue weighted by molar-refractivity contribution is 7.09. The van der Waals surface area contributed by atoms with Gasteiger partial charge in [0.2, 0.25) is 0 Å². The molecule has 1 amide bonds. The molecule has 0 aliphatic heterocycles. The second-order valence-electron chi connectivity index (χ2n) is 4.28. The number of nitrogens with one attached hydrogen (secondary N) is 1. The molecule has 0 bridgehead atoms. The Balaban J connectivity index is 1.81. The Morgan fingerprint density at radius 2 is 1.95 bits per heavy atom. The molecular formula is C15H15NO4S.